The summed E-state index contributed by atoms with van der Waals surface area (Å²) < 4.78 is 5.23. The first kappa shape index (κ1) is 14.9. The second kappa shape index (κ2) is 6.75. The van der Waals surface area contributed by atoms with Crippen LogP contribution in [0.3, 0.4) is 0 Å². The highest BCUT2D eigenvalue weighted by atomic mass is 16.5. The summed E-state index contributed by atoms with van der Waals surface area (Å²) in [4.78, 5) is 14.7. The normalized spacial score (nSPS) is 20.6. The lowest BCUT2D eigenvalue weighted by Crippen LogP contribution is -2.48. The van der Waals surface area contributed by atoms with Gasteiger partial charge in [0.2, 0.25) is 5.91 Å². The number of likely N-dealkylation sites (tertiary alicyclic amines) is 1. The van der Waals surface area contributed by atoms with E-state index in [1.807, 2.05) is 36.1 Å². The maximum Gasteiger partial charge on any atom is 0.230 e. The molecule has 0 spiro atoms. The third-order valence-electron chi connectivity index (χ3n) is 4.15. The molecule has 0 bridgehead atoms. The van der Waals surface area contributed by atoms with E-state index in [1.54, 1.807) is 7.11 Å². The molecule has 1 saturated heterocycles. The number of hydrogen-bond acceptors (Lipinski definition) is 3. The molecule has 110 valence electrons. The number of methoxy groups -OCH3 is 1. The van der Waals surface area contributed by atoms with Crippen LogP contribution in [-0.2, 0) is 4.79 Å². The van der Waals surface area contributed by atoms with Crippen LogP contribution in [0.1, 0.15) is 37.7 Å². The Morgan fingerprint density at radius 3 is 3.00 bits per heavy atom. The molecule has 2 rings (SSSR count). The Morgan fingerprint density at radius 2 is 2.30 bits per heavy atom. The van der Waals surface area contributed by atoms with Crippen LogP contribution in [0.15, 0.2) is 24.3 Å². The van der Waals surface area contributed by atoms with Crippen molar-refractivity contribution in [1.29, 1.82) is 0 Å². The zero-order valence-corrected chi connectivity index (χ0v) is 12.3. The van der Waals surface area contributed by atoms with Gasteiger partial charge in [0.1, 0.15) is 5.75 Å². The Kier molecular flexibility index (Phi) is 5.01. The third-order valence-corrected chi connectivity index (χ3v) is 4.15. The maximum atomic E-state index is 12.7. The number of ether oxygens (including phenoxy) is 1. The Hall–Kier alpha value is -1.55. The second-order valence-corrected chi connectivity index (χ2v) is 5.42. The van der Waals surface area contributed by atoms with Gasteiger partial charge >= 0.3 is 0 Å². The molecule has 4 heteroatoms. The van der Waals surface area contributed by atoms with Crippen molar-refractivity contribution in [2.24, 2.45) is 5.73 Å². The van der Waals surface area contributed by atoms with E-state index < -0.39 is 0 Å². The number of hydrogen-bond donors (Lipinski definition) is 1. The quantitative estimate of drug-likeness (QED) is 0.916. The van der Waals surface area contributed by atoms with Crippen LogP contribution in [0.25, 0.3) is 0 Å². The number of rotatable bonds is 4. The molecule has 1 aromatic rings. The van der Waals surface area contributed by atoms with E-state index >= 15 is 0 Å². The zero-order chi connectivity index (χ0) is 14.5. The van der Waals surface area contributed by atoms with E-state index in [0.29, 0.717) is 6.54 Å². The predicted octanol–water partition coefficient (Wildman–Crippen LogP) is 2.14. The average Bonchev–Trinajstić information content (AvgIpc) is 2.53. The van der Waals surface area contributed by atoms with E-state index in [9.17, 15) is 4.79 Å². The molecule has 0 aromatic heterocycles. The molecular weight excluding hydrogens is 252 g/mol. The monoisotopic (exact) mass is 276 g/mol. The predicted molar refractivity (Wildman–Crippen MR) is 79.8 cm³/mol. The molecule has 1 fully saturated rings. The molecule has 0 radical (unpaired) electrons. The van der Waals surface area contributed by atoms with E-state index in [0.717, 1.165) is 30.7 Å². The Morgan fingerprint density at radius 1 is 1.50 bits per heavy atom. The molecule has 2 N–H and O–H groups in total. The van der Waals surface area contributed by atoms with Gasteiger partial charge in [-0.25, -0.2) is 0 Å². The van der Waals surface area contributed by atoms with Gasteiger partial charge in [-0.2, -0.15) is 0 Å². The smallest absolute Gasteiger partial charge is 0.230 e. The molecule has 1 heterocycles. The molecule has 1 aliphatic rings. The van der Waals surface area contributed by atoms with Crippen molar-refractivity contribution in [3.05, 3.63) is 29.8 Å². The standard InChI is InChI=1S/C16H24N2O2/c1-12(13-6-5-8-15(10-13)20-2)16(19)18-9-4-3-7-14(18)11-17/h5-6,8,10,12,14H,3-4,7,9,11,17H2,1-2H3. The number of nitrogens with two attached hydrogens (primary N) is 1. The molecule has 0 saturated carbocycles. The lowest BCUT2D eigenvalue weighted by Gasteiger charge is -2.36. The first-order valence-electron chi connectivity index (χ1n) is 7.32. The van der Waals surface area contributed by atoms with Gasteiger partial charge in [0.15, 0.2) is 0 Å². The number of benzene rings is 1. The van der Waals surface area contributed by atoms with E-state index in [-0.39, 0.29) is 17.9 Å². The summed E-state index contributed by atoms with van der Waals surface area (Å²) in [6, 6.07) is 7.93. The van der Waals surface area contributed by atoms with Gasteiger partial charge in [0.05, 0.1) is 13.0 Å². The first-order chi connectivity index (χ1) is 9.67. The molecule has 2 atom stereocenters. The Labute approximate surface area is 120 Å². The minimum atomic E-state index is -0.155. The molecule has 1 aliphatic heterocycles. The van der Waals surface area contributed by atoms with Gasteiger partial charge in [0, 0.05) is 19.1 Å². The van der Waals surface area contributed by atoms with E-state index in [2.05, 4.69) is 0 Å². The van der Waals surface area contributed by atoms with Crippen LogP contribution in [0.5, 0.6) is 5.75 Å². The van der Waals surface area contributed by atoms with Crippen LogP contribution in [0.4, 0.5) is 0 Å². The number of nitrogens with zero attached hydrogens (tertiary/aromatic N) is 1. The van der Waals surface area contributed by atoms with Gasteiger partial charge in [0.25, 0.3) is 0 Å². The number of carbonyl (C=O) groups excluding carboxylic acids is 1. The molecule has 1 aromatic carbocycles. The van der Waals surface area contributed by atoms with Gasteiger partial charge in [-0.15, -0.1) is 0 Å². The van der Waals surface area contributed by atoms with Crippen LogP contribution in [0, 0.1) is 0 Å². The van der Waals surface area contributed by atoms with Crippen molar-refractivity contribution in [2.75, 3.05) is 20.2 Å². The lowest BCUT2D eigenvalue weighted by molar-refractivity contribution is -0.135. The van der Waals surface area contributed by atoms with E-state index in [1.165, 1.54) is 6.42 Å². The molecule has 0 aliphatic carbocycles. The maximum absolute atomic E-state index is 12.7. The molecule has 4 nitrogen and oxygen atoms in total. The Bertz CT molecular complexity index is 462. The van der Waals surface area contributed by atoms with Crippen molar-refractivity contribution in [3.8, 4) is 5.75 Å². The van der Waals surface area contributed by atoms with Gasteiger partial charge in [-0.05, 0) is 43.9 Å². The van der Waals surface area contributed by atoms with Gasteiger partial charge in [-0.3, -0.25) is 4.79 Å². The summed E-state index contributed by atoms with van der Waals surface area (Å²) in [5, 5.41) is 0. The highest BCUT2D eigenvalue weighted by Crippen LogP contribution is 2.25. The van der Waals surface area contributed by atoms with Crippen molar-refractivity contribution in [3.63, 3.8) is 0 Å². The lowest BCUT2D eigenvalue weighted by atomic mass is 9.95. The number of carbonyl (C=O) groups is 1. The molecule has 2 unspecified atom stereocenters. The van der Waals surface area contributed by atoms with Crippen molar-refractivity contribution >= 4 is 5.91 Å². The van der Waals surface area contributed by atoms with E-state index in [4.69, 9.17) is 10.5 Å². The van der Waals surface area contributed by atoms with Crippen LogP contribution >= 0.6 is 0 Å². The van der Waals surface area contributed by atoms with Crippen molar-refractivity contribution < 1.29 is 9.53 Å². The SMILES string of the molecule is COc1cccc(C(C)C(=O)N2CCCCC2CN)c1. The highest BCUT2D eigenvalue weighted by molar-refractivity contribution is 5.83. The van der Waals surface area contributed by atoms with Gasteiger partial charge < -0.3 is 15.4 Å². The summed E-state index contributed by atoms with van der Waals surface area (Å²) in [7, 11) is 1.64. The second-order valence-electron chi connectivity index (χ2n) is 5.42. The summed E-state index contributed by atoms with van der Waals surface area (Å²) >= 11 is 0. The summed E-state index contributed by atoms with van der Waals surface area (Å²) in [5.41, 5.74) is 6.80. The minimum absolute atomic E-state index is 0.155. The zero-order valence-electron chi connectivity index (χ0n) is 12.3. The van der Waals surface area contributed by atoms with Crippen molar-refractivity contribution in [2.45, 2.75) is 38.1 Å². The number of piperidine rings is 1. The minimum Gasteiger partial charge on any atom is -0.497 e. The fraction of sp³-hybridized carbons (Fsp3) is 0.562. The first-order valence-corrected chi connectivity index (χ1v) is 7.32. The van der Waals surface area contributed by atoms with Crippen LogP contribution in [0.2, 0.25) is 0 Å². The molecule has 20 heavy (non-hydrogen) atoms. The number of amides is 1. The third kappa shape index (κ3) is 3.12. The summed E-state index contributed by atoms with van der Waals surface area (Å²) in [6.07, 6.45) is 3.26. The summed E-state index contributed by atoms with van der Waals surface area (Å²) in [6.45, 7) is 3.34. The van der Waals surface area contributed by atoms with Crippen LogP contribution < -0.4 is 10.5 Å². The topological polar surface area (TPSA) is 55.6 Å². The van der Waals surface area contributed by atoms with Crippen LogP contribution in [-0.4, -0.2) is 37.0 Å². The average molecular weight is 276 g/mol. The summed E-state index contributed by atoms with van der Waals surface area (Å²) in [5.74, 6) is 0.807. The molecule has 1 amide bonds. The molecular formula is C16H24N2O2. The van der Waals surface area contributed by atoms with Gasteiger partial charge in [-0.1, -0.05) is 12.1 Å². The fourth-order valence-corrected chi connectivity index (χ4v) is 2.84. The highest BCUT2D eigenvalue weighted by Gasteiger charge is 2.29. The Balaban J connectivity index is 2.14. The fourth-order valence-electron chi connectivity index (χ4n) is 2.84. The van der Waals surface area contributed by atoms with Crippen molar-refractivity contribution in [1.82, 2.24) is 4.90 Å². The largest absolute Gasteiger partial charge is 0.497 e.